The minimum Gasteiger partial charge on any atom is -0.394 e. The van der Waals surface area contributed by atoms with E-state index in [0.29, 0.717) is 0 Å². The molecule has 0 aliphatic heterocycles. The molecule has 0 fully saturated rings. The quantitative estimate of drug-likeness (QED) is 0.556. The van der Waals surface area contributed by atoms with E-state index in [9.17, 15) is 0 Å². The lowest BCUT2D eigenvalue weighted by atomic mass is 10.0. The number of hydrogen-bond acceptors (Lipinski definition) is 2. The third kappa shape index (κ3) is 6.02. The molecule has 0 bridgehead atoms. The van der Waals surface area contributed by atoms with Crippen molar-refractivity contribution in [3.8, 4) is 0 Å². The first-order valence-electron chi connectivity index (χ1n) is 5.40. The molecule has 0 heterocycles. The lowest BCUT2D eigenvalue weighted by Crippen LogP contribution is -1.90. The zero-order valence-electron chi connectivity index (χ0n) is 10.9. The summed E-state index contributed by atoms with van der Waals surface area (Å²) in [6.45, 7) is 6.34. The Morgan fingerprint density at radius 1 is 1.12 bits per heavy atom. The number of allylic oxidation sites excluding steroid dienone is 7. The number of rotatable bonds is 5. The second-order valence-corrected chi connectivity index (χ2v) is 3.57. The summed E-state index contributed by atoms with van der Waals surface area (Å²) in [5.74, 6) is 0. The molecule has 1 N–H and O–H groups in total. The Labute approximate surface area is 99.2 Å². The van der Waals surface area contributed by atoms with Gasteiger partial charge in [-0.3, -0.25) is 4.99 Å². The predicted molar refractivity (Wildman–Crippen MR) is 73.9 cm³/mol. The molecule has 16 heavy (non-hydrogen) atoms. The van der Waals surface area contributed by atoms with E-state index in [1.165, 1.54) is 16.7 Å². The zero-order valence-corrected chi connectivity index (χ0v) is 10.9. The molecule has 0 atom stereocenters. The molecule has 0 saturated heterocycles. The highest BCUT2D eigenvalue weighted by Crippen LogP contribution is 2.14. The summed E-state index contributed by atoms with van der Waals surface area (Å²) in [7, 11) is 3.66. The van der Waals surface area contributed by atoms with E-state index in [-0.39, 0.29) is 0 Å². The summed E-state index contributed by atoms with van der Waals surface area (Å²) in [6, 6.07) is 0. The number of hydrogen-bond donors (Lipinski definition) is 1. The predicted octanol–water partition coefficient (Wildman–Crippen LogP) is 3.26. The van der Waals surface area contributed by atoms with Crippen molar-refractivity contribution in [2.75, 3.05) is 14.1 Å². The van der Waals surface area contributed by atoms with Crippen LogP contribution in [0.5, 0.6) is 0 Å². The normalized spacial score (nSPS) is 15.2. The van der Waals surface area contributed by atoms with Crippen LogP contribution in [0.15, 0.2) is 52.2 Å². The van der Waals surface area contributed by atoms with Crippen LogP contribution in [-0.4, -0.2) is 20.3 Å². The molecule has 0 aliphatic rings. The van der Waals surface area contributed by atoms with Crippen molar-refractivity contribution >= 4 is 6.21 Å². The summed E-state index contributed by atoms with van der Waals surface area (Å²) in [5, 5.41) is 2.96. The molecule has 0 amide bonds. The standard InChI is InChI=1S/C14H22N2/c1-12(8-6-10-15-4)14(3)13(2)9-7-11-16-5/h6-11,15H,1-5H3/b9-7+,10-6+,12-8+,14-13+,16-11?. The number of aliphatic imine (C=N–C) groups is 1. The van der Waals surface area contributed by atoms with Crippen LogP contribution in [0, 0.1) is 0 Å². The first-order chi connectivity index (χ1) is 7.63. The maximum absolute atomic E-state index is 3.90. The van der Waals surface area contributed by atoms with E-state index < -0.39 is 0 Å². The Kier molecular flexibility index (Phi) is 7.86. The summed E-state index contributed by atoms with van der Waals surface area (Å²) in [6.07, 6.45) is 11.8. The fourth-order valence-electron chi connectivity index (χ4n) is 1.12. The average Bonchev–Trinajstić information content (AvgIpc) is 2.28. The molecular formula is C14H22N2. The molecule has 0 radical (unpaired) electrons. The van der Waals surface area contributed by atoms with E-state index in [0.717, 1.165) is 0 Å². The SMILES string of the molecule is CN=C/C=C/C(C)=C(C)/C(C)=C/C=C/NC. The van der Waals surface area contributed by atoms with Crippen molar-refractivity contribution in [2.45, 2.75) is 20.8 Å². The smallest absolute Gasteiger partial charge is 0.0277 e. The van der Waals surface area contributed by atoms with Crippen LogP contribution in [0.4, 0.5) is 0 Å². The first kappa shape index (κ1) is 14.4. The van der Waals surface area contributed by atoms with Crippen LogP contribution in [0.25, 0.3) is 0 Å². The molecule has 0 aliphatic carbocycles. The van der Waals surface area contributed by atoms with Gasteiger partial charge < -0.3 is 5.32 Å². The van der Waals surface area contributed by atoms with Gasteiger partial charge in [-0.15, -0.1) is 0 Å². The van der Waals surface area contributed by atoms with Gasteiger partial charge in [0.2, 0.25) is 0 Å². The fourth-order valence-corrected chi connectivity index (χ4v) is 1.12. The fraction of sp³-hybridized carbons (Fsp3) is 0.357. The second-order valence-electron chi connectivity index (χ2n) is 3.57. The van der Waals surface area contributed by atoms with Crippen LogP contribution in [0.2, 0.25) is 0 Å². The van der Waals surface area contributed by atoms with Crippen molar-refractivity contribution in [1.29, 1.82) is 0 Å². The molecule has 0 unspecified atom stereocenters. The van der Waals surface area contributed by atoms with Crippen LogP contribution >= 0.6 is 0 Å². The van der Waals surface area contributed by atoms with Gasteiger partial charge in [0, 0.05) is 20.3 Å². The Balaban J connectivity index is 4.73. The molecule has 0 rings (SSSR count). The maximum Gasteiger partial charge on any atom is 0.0277 e. The van der Waals surface area contributed by atoms with E-state index in [2.05, 4.69) is 43.2 Å². The maximum atomic E-state index is 3.90. The Hall–Kier alpha value is -1.57. The van der Waals surface area contributed by atoms with Gasteiger partial charge >= 0.3 is 0 Å². The van der Waals surface area contributed by atoms with E-state index in [1.807, 2.05) is 25.4 Å². The van der Waals surface area contributed by atoms with E-state index in [1.54, 1.807) is 13.3 Å². The van der Waals surface area contributed by atoms with Gasteiger partial charge in [-0.2, -0.15) is 0 Å². The van der Waals surface area contributed by atoms with Gasteiger partial charge in [0.05, 0.1) is 0 Å². The van der Waals surface area contributed by atoms with Crippen LogP contribution < -0.4 is 5.32 Å². The monoisotopic (exact) mass is 218 g/mol. The summed E-state index contributed by atoms with van der Waals surface area (Å²) in [5.41, 5.74) is 3.81. The van der Waals surface area contributed by atoms with Crippen molar-refractivity contribution < 1.29 is 0 Å². The zero-order chi connectivity index (χ0) is 12.4. The van der Waals surface area contributed by atoms with E-state index in [4.69, 9.17) is 0 Å². The van der Waals surface area contributed by atoms with Gasteiger partial charge in [-0.25, -0.2) is 0 Å². The lowest BCUT2D eigenvalue weighted by Gasteiger charge is -2.03. The third-order valence-corrected chi connectivity index (χ3v) is 2.37. The van der Waals surface area contributed by atoms with E-state index >= 15 is 0 Å². The highest BCUT2D eigenvalue weighted by atomic mass is 14.8. The molecule has 0 spiro atoms. The van der Waals surface area contributed by atoms with Gasteiger partial charge in [0.1, 0.15) is 0 Å². The van der Waals surface area contributed by atoms with Crippen LogP contribution in [0.3, 0.4) is 0 Å². The van der Waals surface area contributed by atoms with Gasteiger partial charge in [-0.1, -0.05) is 12.2 Å². The minimum atomic E-state index is 1.26. The van der Waals surface area contributed by atoms with Crippen LogP contribution in [-0.2, 0) is 0 Å². The Morgan fingerprint density at radius 2 is 1.81 bits per heavy atom. The highest BCUT2D eigenvalue weighted by molar-refractivity contribution is 5.71. The second kappa shape index (κ2) is 8.72. The summed E-state index contributed by atoms with van der Waals surface area (Å²) < 4.78 is 0. The topological polar surface area (TPSA) is 24.4 Å². The number of nitrogens with one attached hydrogen (secondary N) is 1. The molecule has 0 aromatic heterocycles. The lowest BCUT2D eigenvalue weighted by molar-refractivity contribution is 1.10. The van der Waals surface area contributed by atoms with Crippen molar-refractivity contribution in [3.63, 3.8) is 0 Å². The molecule has 2 nitrogen and oxygen atoms in total. The van der Waals surface area contributed by atoms with Crippen LogP contribution in [0.1, 0.15) is 20.8 Å². The molecule has 2 heteroatoms. The van der Waals surface area contributed by atoms with Crippen molar-refractivity contribution in [3.05, 3.63) is 47.2 Å². The third-order valence-electron chi connectivity index (χ3n) is 2.37. The number of nitrogens with zero attached hydrogens (tertiary/aromatic N) is 1. The highest BCUT2D eigenvalue weighted by Gasteiger charge is 1.94. The Bertz CT molecular complexity index is 342. The summed E-state index contributed by atoms with van der Waals surface area (Å²) >= 11 is 0. The molecule has 0 aromatic carbocycles. The average molecular weight is 218 g/mol. The van der Waals surface area contributed by atoms with Crippen molar-refractivity contribution in [2.24, 2.45) is 4.99 Å². The summed E-state index contributed by atoms with van der Waals surface area (Å²) in [4.78, 5) is 3.90. The Morgan fingerprint density at radius 3 is 2.38 bits per heavy atom. The molecule has 0 saturated carbocycles. The molecular weight excluding hydrogens is 196 g/mol. The van der Waals surface area contributed by atoms with Gasteiger partial charge in [0.25, 0.3) is 0 Å². The van der Waals surface area contributed by atoms with Crippen molar-refractivity contribution in [1.82, 2.24) is 5.32 Å². The largest absolute Gasteiger partial charge is 0.394 e. The molecule has 88 valence electrons. The van der Waals surface area contributed by atoms with Gasteiger partial charge in [0.15, 0.2) is 0 Å². The molecule has 0 aromatic rings. The first-order valence-corrected chi connectivity index (χ1v) is 5.40. The minimum absolute atomic E-state index is 1.26. The van der Waals surface area contributed by atoms with Gasteiger partial charge in [-0.05, 0) is 55.8 Å².